The van der Waals surface area contributed by atoms with E-state index in [9.17, 15) is 4.79 Å². The zero-order valence-corrected chi connectivity index (χ0v) is 15.4. The highest BCUT2D eigenvalue weighted by atomic mass is 16.5. The minimum atomic E-state index is -0.590. The summed E-state index contributed by atoms with van der Waals surface area (Å²) in [5.74, 6) is 1.84. The fraction of sp³-hybridized carbons (Fsp3) is 0.381. The fourth-order valence-corrected chi connectivity index (χ4v) is 2.19. The van der Waals surface area contributed by atoms with Gasteiger partial charge < -0.3 is 14.8 Å². The quantitative estimate of drug-likeness (QED) is 0.748. The lowest BCUT2D eigenvalue weighted by Gasteiger charge is -2.15. The molecule has 0 saturated carbocycles. The molecule has 0 saturated heterocycles. The Morgan fingerprint density at radius 3 is 2.44 bits per heavy atom. The van der Waals surface area contributed by atoms with E-state index in [4.69, 9.17) is 9.47 Å². The van der Waals surface area contributed by atoms with Gasteiger partial charge in [-0.25, -0.2) is 0 Å². The Balaban J connectivity index is 1.89. The Labute approximate surface area is 150 Å². The van der Waals surface area contributed by atoms with E-state index in [1.165, 1.54) is 0 Å². The fourth-order valence-electron chi connectivity index (χ4n) is 2.19. The van der Waals surface area contributed by atoms with E-state index in [1.54, 1.807) is 6.92 Å². The van der Waals surface area contributed by atoms with Gasteiger partial charge in [-0.2, -0.15) is 0 Å². The summed E-state index contributed by atoms with van der Waals surface area (Å²) >= 11 is 0. The smallest absolute Gasteiger partial charge is 0.265 e. The molecule has 0 spiro atoms. The number of hydrogen-bond acceptors (Lipinski definition) is 3. The lowest BCUT2D eigenvalue weighted by Crippen LogP contribution is -2.30. The number of ether oxygens (including phenoxy) is 2. The Morgan fingerprint density at radius 2 is 1.76 bits per heavy atom. The van der Waals surface area contributed by atoms with Crippen molar-refractivity contribution in [3.05, 3.63) is 54.1 Å². The molecule has 0 aromatic heterocycles. The number of aryl methyl sites for hydroxylation is 1. The minimum absolute atomic E-state index is 0.195. The molecule has 0 fully saturated rings. The second-order valence-corrected chi connectivity index (χ2v) is 6.62. The molecule has 2 aromatic rings. The van der Waals surface area contributed by atoms with Crippen LogP contribution in [0.4, 0.5) is 5.69 Å². The third kappa shape index (κ3) is 6.49. The van der Waals surface area contributed by atoms with Gasteiger partial charge >= 0.3 is 0 Å². The van der Waals surface area contributed by atoms with E-state index >= 15 is 0 Å². The van der Waals surface area contributed by atoms with Gasteiger partial charge in [-0.3, -0.25) is 4.79 Å². The van der Waals surface area contributed by atoms with Crippen LogP contribution in [0.2, 0.25) is 0 Å². The van der Waals surface area contributed by atoms with Crippen LogP contribution in [0.1, 0.15) is 32.8 Å². The number of anilines is 1. The summed E-state index contributed by atoms with van der Waals surface area (Å²) in [6, 6.07) is 15.1. The van der Waals surface area contributed by atoms with Crippen molar-refractivity contribution in [1.29, 1.82) is 0 Å². The van der Waals surface area contributed by atoms with Gasteiger partial charge in [0.25, 0.3) is 5.91 Å². The van der Waals surface area contributed by atoms with E-state index in [1.807, 2.05) is 55.5 Å². The van der Waals surface area contributed by atoms with Gasteiger partial charge in [-0.15, -0.1) is 0 Å². The van der Waals surface area contributed by atoms with Crippen molar-refractivity contribution in [3.8, 4) is 11.5 Å². The number of benzene rings is 2. The predicted octanol–water partition coefficient (Wildman–Crippen LogP) is 4.83. The first kappa shape index (κ1) is 18.8. The number of carbonyl (C=O) groups excluding carboxylic acids is 1. The van der Waals surface area contributed by atoms with Crippen LogP contribution >= 0.6 is 0 Å². The second-order valence-electron chi connectivity index (χ2n) is 6.62. The van der Waals surface area contributed by atoms with Crippen molar-refractivity contribution < 1.29 is 14.3 Å². The van der Waals surface area contributed by atoms with Crippen molar-refractivity contribution in [2.45, 2.75) is 40.2 Å². The molecule has 0 aliphatic rings. The molecule has 2 aromatic carbocycles. The number of amides is 1. The number of carbonyl (C=O) groups is 1. The van der Waals surface area contributed by atoms with Crippen LogP contribution in [0.3, 0.4) is 0 Å². The molecule has 4 nitrogen and oxygen atoms in total. The number of hydrogen-bond donors (Lipinski definition) is 1. The third-order valence-corrected chi connectivity index (χ3v) is 3.77. The van der Waals surface area contributed by atoms with Crippen LogP contribution in [0.15, 0.2) is 48.5 Å². The van der Waals surface area contributed by atoms with Crippen LogP contribution < -0.4 is 14.8 Å². The van der Waals surface area contributed by atoms with Gasteiger partial charge in [0.15, 0.2) is 6.10 Å². The molecule has 0 radical (unpaired) electrons. The normalized spacial score (nSPS) is 11.9. The van der Waals surface area contributed by atoms with Crippen molar-refractivity contribution in [3.63, 3.8) is 0 Å². The molecule has 0 heterocycles. The van der Waals surface area contributed by atoms with Crippen LogP contribution in [-0.4, -0.2) is 18.6 Å². The molecule has 25 heavy (non-hydrogen) atoms. The number of nitrogens with one attached hydrogen (secondary N) is 1. The Hall–Kier alpha value is -2.49. The lowest BCUT2D eigenvalue weighted by molar-refractivity contribution is -0.122. The molecular formula is C21H27NO3. The average Bonchev–Trinajstić information content (AvgIpc) is 2.57. The highest BCUT2D eigenvalue weighted by molar-refractivity contribution is 5.94. The first-order valence-corrected chi connectivity index (χ1v) is 8.71. The van der Waals surface area contributed by atoms with E-state index < -0.39 is 6.10 Å². The van der Waals surface area contributed by atoms with Gasteiger partial charge in [-0.1, -0.05) is 37.6 Å². The van der Waals surface area contributed by atoms with E-state index in [2.05, 4.69) is 19.2 Å². The minimum Gasteiger partial charge on any atom is -0.494 e. The maximum Gasteiger partial charge on any atom is 0.265 e. The van der Waals surface area contributed by atoms with Gasteiger partial charge in [0.05, 0.1) is 6.61 Å². The maximum absolute atomic E-state index is 12.3. The predicted molar refractivity (Wildman–Crippen MR) is 101 cm³/mol. The van der Waals surface area contributed by atoms with E-state index in [0.29, 0.717) is 24.0 Å². The highest BCUT2D eigenvalue weighted by Gasteiger charge is 2.15. The summed E-state index contributed by atoms with van der Waals surface area (Å²) in [7, 11) is 0. The molecule has 1 unspecified atom stereocenters. The summed E-state index contributed by atoms with van der Waals surface area (Å²) in [5, 5.41) is 2.87. The molecular weight excluding hydrogens is 314 g/mol. The largest absolute Gasteiger partial charge is 0.494 e. The molecule has 0 bridgehead atoms. The monoisotopic (exact) mass is 341 g/mol. The average molecular weight is 341 g/mol. The molecule has 0 aliphatic carbocycles. The Morgan fingerprint density at radius 1 is 1.04 bits per heavy atom. The lowest BCUT2D eigenvalue weighted by atomic mass is 10.1. The standard InChI is InChI=1S/C21H27NO3/c1-15(2)12-13-24-20-7-5-6-18(14-20)22-21(23)17(4)25-19-10-8-16(3)9-11-19/h5-11,14-15,17H,12-13H2,1-4H3,(H,22,23). The summed E-state index contributed by atoms with van der Waals surface area (Å²) in [4.78, 5) is 12.3. The van der Waals surface area contributed by atoms with Crippen molar-refractivity contribution in [2.75, 3.05) is 11.9 Å². The topological polar surface area (TPSA) is 47.6 Å². The Kier molecular flexibility index (Phi) is 6.87. The summed E-state index contributed by atoms with van der Waals surface area (Å²) in [5.41, 5.74) is 1.85. The zero-order valence-electron chi connectivity index (χ0n) is 15.4. The van der Waals surface area contributed by atoms with Crippen LogP contribution in [0, 0.1) is 12.8 Å². The van der Waals surface area contributed by atoms with Crippen molar-refractivity contribution in [2.24, 2.45) is 5.92 Å². The summed E-state index contributed by atoms with van der Waals surface area (Å²) < 4.78 is 11.4. The first-order valence-electron chi connectivity index (χ1n) is 8.71. The SMILES string of the molecule is Cc1ccc(OC(C)C(=O)Nc2cccc(OCCC(C)C)c2)cc1. The molecule has 4 heteroatoms. The summed E-state index contributed by atoms with van der Waals surface area (Å²) in [6.45, 7) is 8.74. The Bertz CT molecular complexity index is 680. The second kappa shape index (κ2) is 9.11. The van der Waals surface area contributed by atoms with Gasteiger partial charge in [0.2, 0.25) is 0 Å². The molecule has 0 aliphatic heterocycles. The molecule has 1 atom stereocenters. The molecule has 134 valence electrons. The van der Waals surface area contributed by atoms with Gasteiger partial charge in [0, 0.05) is 11.8 Å². The number of rotatable bonds is 8. The molecule has 1 N–H and O–H groups in total. The van der Waals surface area contributed by atoms with E-state index in [0.717, 1.165) is 17.7 Å². The maximum atomic E-state index is 12.3. The van der Waals surface area contributed by atoms with Crippen molar-refractivity contribution in [1.82, 2.24) is 0 Å². The van der Waals surface area contributed by atoms with E-state index in [-0.39, 0.29) is 5.91 Å². The van der Waals surface area contributed by atoms with Crippen molar-refractivity contribution >= 4 is 11.6 Å². The zero-order chi connectivity index (χ0) is 18.2. The van der Waals surface area contributed by atoms with Gasteiger partial charge in [-0.05, 0) is 50.5 Å². The third-order valence-electron chi connectivity index (χ3n) is 3.77. The first-order chi connectivity index (χ1) is 11.9. The van der Waals surface area contributed by atoms with Crippen LogP contribution in [0.5, 0.6) is 11.5 Å². The van der Waals surface area contributed by atoms with Gasteiger partial charge in [0.1, 0.15) is 11.5 Å². The van der Waals surface area contributed by atoms with Crippen LogP contribution in [0.25, 0.3) is 0 Å². The molecule has 1 amide bonds. The molecule has 2 rings (SSSR count). The summed E-state index contributed by atoms with van der Waals surface area (Å²) in [6.07, 6.45) is 0.408. The highest BCUT2D eigenvalue weighted by Crippen LogP contribution is 2.19. The van der Waals surface area contributed by atoms with Crippen LogP contribution in [-0.2, 0) is 4.79 Å².